The molecule has 6 heteroatoms. The summed E-state index contributed by atoms with van der Waals surface area (Å²) in [5.41, 5.74) is 10.7. The van der Waals surface area contributed by atoms with Gasteiger partial charge in [0, 0.05) is 0 Å². The Balaban J connectivity index is 3.37. The fourth-order valence-electron chi connectivity index (χ4n) is 0.489. The summed E-state index contributed by atoms with van der Waals surface area (Å²) in [5.74, 6) is -0.542. The van der Waals surface area contributed by atoms with Crippen LogP contribution in [-0.2, 0) is 0 Å². The molecule has 0 aromatic carbocycles. The van der Waals surface area contributed by atoms with Crippen molar-refractivity contribution in [3.63, 3.8) is 0 Å². The predicted octanol–water partition coefficient (Wildman–Crippen LogP) is 1.22. The lowest BCUT2D eigenvalue weighted by Crippen LogP contribution is -2.11. The number of amides is 1. The Morgan fingerprint density at radius 2 is 2.10 bits per heavy atom. The third kappa shape index (κ3) is 1.18. The molecule has 10 heavy (non-hydrogen) atoms. The molecule has 0 aliphatic carbocycles. The van der Waals surface area contributed by atoms with E-state index in [0.717, 1.165) is 0 Å². The molecule has 0 radical (unpaired) electrons. The van der Waals surface area contributed by atoms with E-state index in [4.69, 9.17) is 23.7 Å². The lowest BCUT2D eigenvalue weighted by molar-refractivity contribution is 0.100. The summed E-state index contributed by atoms with van der Waals surface area (Å²) < 4.78 is 0.481. The van der Waals surface area contributed by atoms with E-state index in [9.17, 15) is 4.79 Å². The summed E-state index contributed by atoms with van der Waals surface area (Å²) in [6.07, 6.45) is 0. The molecule has 0 bridgehead atoms. The van der Waals surface area contributed by atoms with Gasteiger partial charge in [-0.2, -0.15) is 0 Å². The van der Waals surface area contributed by atoms with Gasteiger partial charge in [0.15, 0.2) is 0 Å². The molecular weight excluding hydrogens is 188 g/mol. The molecule has 0 fully saturated rings. The van der Waals surface area contributed by atoms with Gasteiger partial charge in [0.05, 0.1) is 0 Å². The molecule has 1 rings (SSSR count). The summed E-state index contributed by atoms with van der Waals surface area (Å²) in [7, 11) is 2.56. The van der Waals surface area contributed by atoms with E-state index < -0.39 is 5.91 Å². The van der Waals surface area contributed by atoms with Gasteiger partial charge in [0.1, 0.15) is 14.4 Å². The van der Waals surface area contributed by atoms with Gasteiger partial charge in [-0.3, -0.25) is 4.79 Å². The minimum Gasteiger partial charge on any atom is -0.389 e. The second-order valence-corrected chi connectivity index (χ2v) is 4.41. The lowest BCUT2D eigenvalue weighted by Gasteiger charge is -1.87. The molecular formula is C4H4N2OS3. The summed E-state index contributed by atoms with van der Waals surface area (Å²) >= 11 is 4.80. The lowest BCUT2D eigenvalue weighted by atomic mass is 10.3. The van der Waals surface area contributed by atoms with E-state index >= 15 is 0 Å². The van der Waals surface area contributed by atoms with Gasteiger partial charge in [-0.1, -0.05) is 32.9 Å². The molecule has 0 saturated carbocycles. The Kier molecular flexibility index (Phi) is 2.02. The van der Waals surface area contributed by atoms with E-state index in [1.54, 1.807) is 0 Å². The molecule has 0 atom stereocenters. The Morgan fingerprint density at radius 3 is 2.30 bits per heavy atom. The minimum absolute atomic E-state index is 0.296. The van der Waals surface area contributed by atoms with Crippen LogP contribution in [0.25, 0.3) is 0 Å². The standard InChI is InChI=1S/C4H4N2OS3/c5-2(7)1-3(6)9-10-4(1)8/h6H2,(H2,5,7). The van der Waals surface area contributed by atoms with Crippen LogP contribution < -0.4 is 11.5 Å². The van der Waals surface area contributed by atoms with Gasteiger partial charge in [-0.05, 0) is 0 Å². The molecule has 1 aromatic heterocycles. The highest BCUT2D eigenvalue weighted by atomic mass is 32.9. The molecule has 0 spiro atoms. The zero-order valence-electron chi connectivity index (χ0n) is 4.79. The molecule has 1 aromatic rings. The van der Waals surface area contributed by atoms with Crippen LogP contribution in [0.2, 0.25) is 0 Å². The summed E-state index contributed by atoms with van der Waals surface area (Å²) in [6, 6.07) is 0. The zero-order chi connectivity index (χ0) is 7.72. The number of nitrogen functional groups attached to an aromatic ring is 1. The van der Waals surface area contributed by atoms with E-state index in [-0.39, 0.29) is 0 Å². The van der Waals surface area contributed by atoms with Gasteiger partial charge >= 0.3 is 0 Å². The highest BCUT2D eigenvalue weighted by Gasteiger charge is 2.09. The van der Waals surface area contributed by atoms with Crippen LogP contribution in [-0.4, -0.2) is 5.91 Å². The Bertz CT molecular complexity index is 313. The van der Waals surface area contributed by atoms with E-state index in [2.05, 4.69) is 0 Å². The fraction of sp³-hybridized carbons (Fsp3) is 0. The number of anilines is 1. The highest BCUT2D eigenvalue weighted by molar-refractivity contribution is 7.80. The maximum atomic E-state index is 10.6. The first-order valence-corrected chi connectivity index (χ1v) is 4.87. The highest BCUT2D eigenvalue weighted by Crippen LogP contribution is 2.26. The van der Waals surface area contributed by atoms with Crippen LogP contribution in [0.1, 0.15) is 10.4 Å². The number of nitrogens with two attached hydrogens (primary N) is 2. The summed E-state index contributed by atoms with van der Waals surface area (Å²) in [4.78, 5) is 10.6. The van der Waals surface area contributed by atoms with Crippen molar-refractivity contribution >= 4 is 43.8 Å². The smallest absolute Gasteiger partial charge is 0.254 e. The van der Waals surface area contributed by atoms with Gasteiger partial charge in [0.2, 0.25) is 0 Å². The summed E-state index contributed by atoms with van der Waals surface area (Å²) in [6.45, 7) is 0. The van der Waals surface area contributed by atoms with Crippen LogP contribution in [0.15, 0.2) is 0 Å². The molecule has 3 nitrogen and oxygen atoms in total. The van der Waals surface area contributed by atoms with Gasteiger partial charge in [-0.15, -0.1) is 0 Å². The number of carbonyl (C=O) groups is 1. The summed E-state index contributed by atoms with van der Waals surface area (Å²) in [5, 5.41) is 0.419. The fourth-order valence-corrected chi connectivity index (χ4v) is 2.88. The third-order valence-electron chi connectivity index (χ3n) is 0.904. The SMILES string of the molecule is NC(=O)c1c(N)ssc1=S. The van der Waals surface area contributed by atoms with Gasteiger partial charge < -0.3 is 11.5 Å². The van der Waals surface area contributed by atoms with Crippen molar-refractivity contribution in [3.05, 3.63) is 9.39 Å². The van der Waals surface area contributed by atoms with Crippen molar-refractivity contribution in [2.45, 2.75) is 0 Å². The van der Waals surface area contributed by atoms with Crippen molar-refractivity contribution < 1.29 is 4.79 Å². The Morgan fingerprint density at radius 1 is 1.50 bits per heavy atom. The van der Waals surface area contributed by atoms with E-state index in [0.29, 0.717) is 14.4 Å². The minimum atomic E-state index is -0.542. The first kappa shape index (κ1) is 7.64. The first-order valence-electron chi connectivity index (χ1n) is 2.31. The molecule has 1 amide bonds. The largest absolute Gasteiger partial charge is 0.389 e. The maximum Gasteiger partial charge on any atom is 0.254 e. The molecule has 0 unspecified atom stereocenters. The van der Waals surface area contributed by atoms with Crippen molar-refractivity contribution in [2.24, 2.45) is 5.73 Å². The normalized spacial score (nSPS) is 9.60. The quantitative estimate of drug-likeness (QED) is 0.519. The van der Waals surface area contributed by atoms with Crippen molar-refractivity contribution in [3.8, 4) is 0 Å². The number of carbonyl (C=O) groups excluding carboxylic acids is 1. The molecule has 0 saturated heterocycles. The second-order valence-electron chi connectivity index (χ2n) is 1.56. The molecule has 1 heterocycles. The van der Waals surface area contributed by atoms with Gasteiger partial charge in [-0.25, -0.2) is 0 Å². The number of primary amides is 1. The predicted molar refractivity (Wildman–Crippen MR) is 46.0 cm³/mol. The Hall–Kier alpha value is -0.460. The van der Waals surface area contributed by atoms with Crippen LogP contribution >= 0.6 is 32.9 Å². The van der Waals surface area contributed by atoms with Crippen LogP contribution in [0, 0.1) is 3.82 Å². The number of rotatable bonds is 1. The van der Waals surface area contributed by atoms with Crippen molar-refractivity contribution in [2.75, 3.05) is 5.73 Å². The first-order chi connectivity index (χ1) is 4.63. The monoisotopic (exact) mass is 192 g/mol. The third-order valence-corrected chi connectivity index (χ3v) is 3.79. The molecule has 54 valence electrons. The molecule has 0 aliphatic heterocycles. The number of hydrogen-bond donors (Lipinski definition) is 2. The van der Waals surface area contributed by atoms with E-state index in [1.807, 2.05) is 0 Å². The van der Waals surface area contributed by atoms with Crippen LogP contribution in [0.4, 0.5) is 5.00 Å². The second kappa shape index (κ2) is 2.65. The molecule has 4 N–H and O–H groups in total. The topological polar surface area (TPSA) is 69.1 Å². The van der Waals surface area contributed by atoms with Crippen molar-refractivity contribution in [1.82, 2.24) is 0 Å². The van der Waals surface area contributed by atoms with E-state index in [1.165, 1.54) is 20.7 Å². The average molecular weight is 192 g/mol. The number of hydrogen-bond acceptors (Lipinski definition) is 5. The maximum absolute atomic E-state index is 10.6. The molecule has 0 aliphatic rings. The zero-order valence-corrected chi connectivity index (χ0v) is 7.24. The Labute approximate surface area is 69.7 Å². The van der Waals surface area contributed by atoms with Crippen LogP contribution in [0.5, 0.6) is 0 Å². The van der Waals surface area contributed by atoms with Crippen LogP contribution in [0.3, 0.4) is 0 Å². The van der Waals surface area contributed by atoms with Gasteiger partial charge in [0.25, 0.3) is 5.91 Å². The van der Waals surface area contributed by atoms with Crippen molar-refractivity contribution in [1.29, 1.82) is 0 Å². The average Bonchev–Trinajstić information content (AvgIpc) is 2.11.